The van der Waals surface area contributed by atoms with Gasteiger partial charge in [-0.15, -0.1) is 0 Å². The molecule has 1 aliphatic rings. The molecule has 1 saturated carbocycles. The molecule has 6 heteroatoms. The lowest BCUT2D eigenvalue weighted by Crippen LogP contribution is -2.32. The van der Waals surface area contributed by atoms with Crippen LogP contribution in [0.15, 0.2) is 4.42 Å². The quantitative estimate of drug-likeness (QED) is 0.791. The Labute approximate surface area is 112 Å². The fraction of sp³-hybridized carbons (Fsp3) is 0.692. The average molecular weight is 268 g/mol. The third kappa shape index (κ3) is 3.26. The first-order valence-corrected chi connectivity index (χ1v) is 6.67. The first kappa shape index (κ1) is 13.9. The maximum absolute atomic E-state index is 11.5. The van der Waals surface area contributed by atoms with Crippen molar-refractivity contribution in [2.24, 2.45) is 5.92 Å². The van der Waals surface area contributed by atoms with Crippen LogP contribution in [0.5, 0.6) is 0 Å². The van der Waals surface area contributed by atoms with E-state index in [1.807, 2.05) is 6.92 Å². The van der Waals surface area contributed by atoms with Crippen LogP contribution >= 0.6 is 0 Å². The monoisotopic (exact) mass is 268 g/mol. The number of aromatic nitrogens is 1. The third-order valence-electron chi connectivity index (χ3n) is 3.22. The summed E-state index contributed by atoms with van der Waals surface area (Å²) in [5, 5.41) is 0. The highest BCUT2D eigenvalue weighted by Gasteiger charge is 2.31. The molecule has 19 heavy (non-hydrogen) atoms. The number of esters is 1. The van der Waals surface area contributed by atoms with Crippen molar-refractivity contribution in [3.8, 4) is 0 Å². The standard InChI is InChI=1S/C13H20N2O4/c1-3-17-9-5-8(6-9)7-10-15-11(12(14)19-10)13(16)18-4-2/h8-9H,3-7,14H2,1-2H3. The molecule has 106 valence electrons. The smallest absolute Gasteiger partial charge is 0.362 e. The van der Waals surface area contributed by atoms with Gasteiger partial charge in [0.25, 0.3) is 0 Å². The van der Waals surface area contributed by atoms with E-state index in [4.69, 9.17) is 19.6 Å². The summed E-state index contributed by atoms with van der Waals surface area (Å²) in [6.45, 7) is 4.76. The number of oxazole rings is 1. The van der Waals surface area contributed by atoms with Crippen molar-refractivity contribution in [1.29, 1.82) is 0 Å². The Morgan fingerprint density at radius 2 is 2.16 bits per heavy atom. The van der Waals surface area contributed by atoms with Crippen molar-refractivity contribution >= 4 is 11.9 Å². The molecule has 1 fully saturated rings. The van der Waals surface area contributed by atoms with Crippen molar-refractivity contribution in [3.05, 3.63) is 11.6 Å². The second-order valence-electron chi connectivity index (χ2n) is 4.66. The van der Waals surface area contributed by atoms with Gasteiger partial charge in [-0.1, -0.05) is 0 Å². The van der Waals surface area contributed by atoms with Crippen molar-refractivity contribution in [2.75, 3.05) is 18.9 Å². The van der Waals surface area contributed by atoms with E-state index in [0.717, 1.165) is 19.4 Å². The van der Waals surface area contributed by atoms with Crippen LogP contribution in [0.4, 0.5) is 5.88 Å². The molecule has 0 bridgehead atoms. The summed E-state index contributed by atoms with van der Waals surface area (Å²) in [6, 6.07) is 0. The van der Waals surface area contributed by atoms with E-state index >= 15 is 0 Å². The Bertz CT molecular complexity index is 438. The number of rotatable bonds is 6. The molecule has 0 saturated heterocycles. The van der Waals surface area contributed by atoms with E-state index < -0.39 is 5.97 Å². The summed E-state index contributed by atoms with van der Waals surface area (Å²) in [6.07, 6.45) is 3.05. The van der Waals surface area contributed by atoms with Crippen molar-refractivity contribution in [3.63, 3.8) is 0 Å². The van der Waals surface area contributed by atoms with E-state index in [-0.39, 0.29) is 11.6 Å². The molecule has 1 aromatic heterocycles. The number of hydrogen-bond acceptors (Lipinski definition) is 6. The maximum Gasteiger partial charge on any atom is 0.362 e. The Morgan fingerprint density at radius 1 is 1.42 bits per heavy atom. The van der Waals surface area contributed by atoms with Gasteiger partial charge in [-0.2, -0.15) is 0 Å². The number of ether oxygens (including phenoxy) is 2. The van der Waals surface area contributed by atoms with E-state index in [1.54, 1.807) is 6.92 Å². The minimum Gasteiger partial charge on any atom is -0.461 e. The summed E-state index contributed by atoms with van der Waals surface area (Å²) < 4.78 is 15.7. The molecule has 0 amide bonds. The summed E-state index contributed by atoms with van der Waals surface area (Å²) in [5.74, 6) is 0.495. The van der Waals surface area contributed by atoms with Crippen molar-refractivity contribution < 1.29 is 18.7 Å². The summed E-state index contributed by atoms with van der Waals surface area (Å²) in [4.78, 5) is 15.7. The summed E-state index contributed by atoms with van der Waals surface area (Å²) in [5.41, 5.74) is 5.71. The zero-order valence-corrected chi connectivity index (χ0v) is 11.3. The number of anilines is 1. The number of nitrogens with zero attached hydrogens (tertiary/aromatic N) is 1. The fourth-order valence-electron chi connectivity index (χ4n) is 2.27. The molecule has 0 spiro atoms. The molecule has 1 aliphatic carbocycles. The largest absolute Gasteiger partial charge is 0.461 e. The van der Waals surface area contributed by atoms with E-state index in [2.05, 4.69) is 4.98 Å². The molecule has 0 radical (unpaired) electrons. The van der Waals surface area contributed by atoms with Gasteiger partial charge in [0.1, 0.15) is 0 Å². The van der Waals surface area contributed by atoms with Crippen LogP contribution in [0.3, 0.4) is 0 Å². The number of carbonyl (C=O) groups is 1. The number of hydrogen-bond donors (Lipinski definition) is 1. The highest BCUT2D eigenvalue weighted by atomic mass is 16.5. The van der Waals surface area contributed by atoms with Crippen molar-refractivity contribution in [2.45, 2.75) is 39.2 Å². The molecule has 0 unspecified atom stereocenters. The predicted octanol–water partition coefficient (Wildman–Crippen LogP) is 1.79. The van der Waals surface area contributed by atoms with Crippen LogP contribution in [-0.2, 0) is 15.9 Å². The zero-order valence-electron chi connectivity index (χ0n) is 11.3. The van der Waals surface area contributed by atoms with Gasteiger partial charge in [-0.25, -0.2) is 9.78 Å². The molecule has 6 nitrogen and oxygen atoms in total. The van der Waals surface area contributed by atoms with Crippen LogP contribution in [0, 0.1) is 5.92 Å². The average Bonchev–Trinajstić information content (AvgIpc) is 2.68. The molecule has 1 heterocycles. The molecule has 0 aliphatic heterocycles. The normalized spacial score (nSPS) is 22.0. The van der Waals surface area contributed by atoms with Crippen LogP contribution in [0.2, 0.25) is 0 Å². The van der Waals surface area contributed by atoms with Crippen LogP contribution < -0.4 is 5.73 Å². The summed E-state index contributed by atoms with van der Waals surface area (Å²) in [7, 11) is 0. The lowest BCUT2D eigenvalue weighted by molar-refractivity contribution is -0.0254. The maximum atomic E-state index is 11.5. The lowest BCUT2D eigenvalue weighted by Gasteiger charge is -2.34. The van der Waals surface area contributed by atoms with Gasteiger partial charge in [0.15, 0.2) is 5.89 Å². The molecular weight excluding hydrogens is 248 g/mol. The molecule has 2 rings (SSSR count). The minimum absolute atomic E-state index is 0.0362. The molecule has 2 N–H and O–H groups in total. The molecule has 1 aromatic rings. The van der Waals surface area contributed by atoms with E-state index in [1.165, 1.54) is 0 Å². The van der Waals surface area contributed by atoms with Gasteiger partial charge >= 0.3 is 5.97 Å². The zero-order chi connectivity index (χ0) is 13.8. The second kappa shape index (κ2) is 6.06. The molecular formula is C13H20N2O4. The van der Waals surface area contributed by atoms with Crippen molar-refractivity contribution in [1.82, 2.24) is 4.98 Å². The molecule has 0 aromatic carbocycles. The van der Waals surface area contributed by atoms with Gasteiger partial charge in [0, 0.05) is 13.0 Å². The Balaban J connectivity index is 1.89. The van der Waals surface area contributed by atoms with Crippen LogP contribution in [0.25, 0.3) is 0 Å². The predicted molar refractivity (Wildman–Crippen MR) is 68.7 cm³/mol. The van der Waals surface area contributed by atoms with Crippen LogP contribution in [0.1, 0.15) is 43.1 Å². The first-order chi connectivity index (χ1) is 9.13. The Hall–Kier alpha value is -1.56. The minimum atomic E-state index is -0.532. The lowest BCUT2D eigenvalue weighted by atomic mass is 9.80. The Kier molecular flexibility index (Phi) is 4.42. The second-order valence-corrected chi connectivity index (χ2v) is 4.66. The fourth-order valence-corrected chi connectivity index (χ4v) is 2.27. The molecule has 0 atom stereocenters. The number of nitrogens with two attached hydrogens (primary N) is 1. The van der Waals surface area contributed by atoms with Gasteiger partial charge in [0.05, 0.1) is 12.7 Å². The number of nitrogen functional groups attached to an aromatic ring is 1. The van der Waals surface area contributed by atoms with Gasteiger partial charge in [-0.3, -0.25) is 0 Å². The van der Waals surface area contributed by atoms with E-state index in [9.17, 15) is 4.79 Å². The van der Waals surface area contributed by atoms with Gasteiger partial charge < -0.3 is 19.6 Å². The van der Waals surface area contributed by atoms with Gasteiger partial charge in [-0.05, 0) is 32.6 Å². The highest BCUT2D eigenvalue weighted by molar-refractivity contribution is 5.91. The summed E-state index contributed by atoms with van der Waals surface area (Å²) >= 11 is 0. The Morgan fingerprint density at radius 3 is 2.79 bits per heavy atom. The van der Waals surface area contributed by atoms with Gasteiger partial charge in [0.2, 0.25) is 11.6 Å². The first-order valence-electron chi connectivity index (χ1n) is 6.67. The topological polar surface area (TPSA) is 87.6 Å². The SMILES string of the molecule is CCOC(=O)c1nc(CC2CC(OCC)C2)oc1N. The third-order valence-corrected chi connectivity index (χ3v) is 3.22. The number of carbonyl (C=O) groups excluding carboxylic acids is 1. The van der Waals surface area contributed by atoms with E-state index in [0.29, 0.717) is 30.9 Å². The van der Waals surface area contributed by atoms with Crippen LogP contribution in [-0.4, -0.2) is 30.3 Å². The highest BCUT2D eigenvalue weighted by Crippen LogP contribution is 2.33.